The minimum absolute atomic E-state index is 0.0239. The molecule has 2 aliphatic heterocycles. The third kappa shape index (κ3) is 4.32. The Balaban J connectivity index is 1.32. The van der Waals surface area contributed by atoms with Crippen molar-refractivity contribution in [3.63, 3.8) is 0 Å². The van der Waals surface area contributed by atoms with Crippen molar-refractivity contribution in [2.24, 2.45) is 16.0 Å². The number of hydrazone groups is 1. The molecule has 2 aromatic rings. The lowest BCUT2D eigenvalue weighted by molar-refractivity contribution is -0.114. The van der Waals surface area contributed by atoms with Crippen molar-refractivity contribution < 1.29 is 9.21 Å². The maximum absolute atomic E-state index is 12.6. The van der Waals surface area contributed by atoms with E-state index in [0.717, 1.165) is 29.4 Å². The summed E-state index contributed by atoms with van der Waals surface area (Å²) in [4.78, 5) is 16.8. The molecule has 1 aliphatic carbocycles. The number of aliphatic imine (C=N–C) groups is 1. The van der Waals surface area contributed by atoms with Crippen LogP contribution in [0.2, 0.25) is 5.02 Å². The van der Waals surface area contributed by atoms with E-state index in [-0.39, 0.29) is 11.4 Å². The lowest BCUT2D eigenvalue weighted by atomic mass is 9.86. The number of carbonyl (C=O) groups is 1. The second-order valence-corrected chi connectivity index (χ2v) is 9.69. The Labute approximate surface area is 195 Å². The molecule has 0 atom stereocenters. The fourth-order valence-corrected chi connectivity index (χ4v) is 5.44. The van der Waals surface area contributed by atoms with Gasteiger partial charge in [-0.1, -0.05) is 55.8 Å². The van der Waals surface area contributed by atoms with Crippen molar-refractivity contribution in [3.8, 4) is 11.3 Å². The Morgan fingerprint density at radius 2 is 2.00 bits per heavy atom. The van der Waals surface area contributed by atoms with Gasteiger partial charge in [0.25, 0.3) is 5.91 Å². The molecule has 5 rings (SSSR count). The Bertz CT molecular complexity index is 1160. The minimum atomic E-state index is -0.451. The minimum Gasteiger partial charge on any atom is -0.457 e. The molecule has 0 spiro atoms. The van der Waals surface area contributed by atoms with Gasteiger partial charge in [0.15, 0.2) is 5.84 Å². The lowest BCUT2D eigenvalue weighted by Crippen LogP contribution is -2.35. The number of carbonyl (C=O) groups excluding carboxylic acids is 1. The average Bonchev–Trinajstić information content (AvgIpc) is 3.43. The second kappa shape index (κ2) is 9.08. The molecule has 0 saturated heterocycles. The molecule has 0 unspecified atom stereocenters. The van der Waals surface area contributed by atoms with Crippen LogP contribution in [-0.4, -0.2) is 27.0 Å². The molecule has 8 heteroatoms. The fourth-order valence-electron chi connectivity index (χ4n) is 4.31. The van der Waals surface area contributed by atoms with Crippen LogP contribution in [0.5, 0.6) is 0 Å². The zero-order valence-corrected chi connectivity index (χ0v) is 19.1. The standard InChI is InChI=1S/C24H23ClN4O2S/c25-19-9-5-4-8-17(19)20-12-11-16(31-20)14-18-22(26)29-24(27-23(18)30)32-21(28-29)13-10-15-6-2-1-3-7-15/h4-5,8-9,11-12,14-15,26H,1-3,6-7,10,13H2/b18-14-,26-22?. The number of benzene rings is 1. The number of nitrogens with zero attached hydrogens (tertiary/aromatic N) is 3. The van der Waals surface area contributed by atoms with Crippen LogP contribution in [0.3, 0.4) is 0 Å². The van der Waals surface area contributed by atoms with E-state index in [9.17, 15) is 4.79 Å². The average molecular weight is 467 g/mol. The summed E-state index contributed by atoms with van der Waals surface area (Å²) in [7, 11) is 0. The molecule has 164 valence electrons. The van der Waals surface area contributed by atoms with Gasteiger partial charge in [-0.25, -0.2) is 0 Å². The summed E-state index contributed by atoms with van der Waals surface area (Å²) in [5.74, 6) is 1.39. The zero-order chi connectivity index (χ0) is 22.1. The van der Waals surface area contributed by atoms with E-state index in [1.165, 1.54) is 48.9 Å². The van der Waals surface area contributed by atoms with E-state index in [0.29, 0.717) is 21.7 Å². The van der Waals surface area contributed by atoms with E-state index in [2.05, 4.69) is 10.1 Å². The Kier molecular flexibility index (Phi) is 6.02. The van der Waals surface area contributed by atoms with Gasteiger partial charge in [-0.15, -0.1) is 0 Å². The number of hydrogen-bond acceptors (Lipinski definition) is 5. The Morgan fingerprint density at radius 1 is 1.19 bits per heavy atom. The predicted molar refractivity (Wildman–Crippen MR) is 130 cm³/mol. The highest BCUT2D eigenvalue weighted by molar-refractivity contribution is 8.26. The molecular weight excluding hydrogens is 444 g/mol. The quantitative estimate of drug-likeness (QED) is 0.504. The first-order chi connectivity index (χ1) is 15.6. The highest BCUT2D eigenvalue weighted by Gasteiger charge is 2.35. The number of nitrogens with one attached hydrogen (secondary N) is 1. The molecule has 1 aromatic carbocycles. The molecule has 1 saturated carbocycles. The zero-order valence-electron chi connectivity index (χ0n) is 17.5. The van der Waals surface area contributed by atoms with Gasteiger partial charge < -0.3 is 4.42 Å². The van der Waals surface area contributed by atoms with Crippen LogP contribution in [-0.2, 0) is 4.79 Å². The van der Waals surface area contributed by atoms with Gasteiger partial charge in [0.05, 0.1) is 10.6 Å². The summed E-state index contributed by atoms with van der Waals surface area (Å²) < 4.78 is 5.87. The van der Waals surface area contributed by atoms with E-state index in [1.807, 2.05) is 18.2 Å². The summed E-state index contributed by atoms with van der Waals surface area (Å²) in [6.07, 6.45) is 10.1. The van der Waals surface area contributed by atoms with Gasteiger partial charge in [-0.2, -0.15) is 15.1 Å². The number of halogens is 1. The summed E-state index contributed by atoms with van der Waals surface area (Å²) >= 11 is 7.65. The van der Waals surface area contributed by atoms with Crippen molar-refractivity contribution in [2.45, 2.75) is 44.9 Å². The third-order valence-electron chi connectivity index (χ3n) is 6.04. The smallest absolute Gasteiger partial charge is 0.283 e. The Morgan fingerprint density at radius 3 is 2.81 bits per heavy atom. The van der Waals surface area contributed by atoms with E-state index in [4.69, 9.17) is 21.4 Å². The van der Waals surface area contributed by atoms with Gasteiger partial charge in [0.2, 0.25) is 5.17 Å². The van der Waals surface area contributed by atoms with Gasteiger partial charge >= 0.3 is 0 Å². The maximum atomic E-state index is 12.6. The van der Waals surface area contributed by atoms with Crippen LogP contribution in [0.25, 0.3) is 17.4 Å². The van der Waals surface area contributed by atoms with Crippen LogP contribution >= 0.6 is 23.4 Å². The molecule has 0 bridgehead atoms. The third-order valence-corrected chi connectivity index (χ3v) is 7.34. The maximum Gasteiger partial charge on any atom is 0.283 e. The van der Waals surface area contributed by atoms with Crippen LogP contribution in [0.15, 0.2) is 56.5 Å². The number of amides is 1. The number of amidine groups is 2. The number of thioether (sulfide) groups is 1. The summed E-state index contributed by atoms with van der Waals surface area (Å²) in [6, 6.07) is 11.0. The largest absolute Gasteiger partial charge is 0.457 e. The molecule has 32 heavy (non-hydrogen) atoms. The molecule has 6 nitrogen and oxygen atoms in total. The molecule has 3 aliphatic rings. The first-order valence-electron chi connectivity index (χ1n) is 10.9. The van der Waals surface area contributed by atoms with Crippen molar-refractivity contribution in [1.29, 1.82) is 5.41 Å². The molecule has 1 aromatic heterocycles. The van der Waals surface area contributed by atoms with Crippen molar-refractivity contribution in [3.05, 3.63) is 52.8 Å². The van der Waals surface area contributed by atoms with Crippen molar-refractivity contribution >= 4 is 51.4 Å². The topological polar surface area (TPSA) is 82.0 Å². The van der Waals surface area contributed by atoms with Crippen LogP contribution in [0.4, 0.5) is 0 Å². The first kappa shape index (κ1) is 21.2. The SMILES string of the molecule is N=C1/C(=C/c2ccc(-c3ccccc3Cl)o2)C(=O)N=C2SC(CCC3CCCCC3)=NN12. The summed E-state index contributed by atoms with van der Waals surface area (Å²) in [5, 5.41) is 16.6. The number of fused-ring (bicyclic) bond motifs is 1. The van der Waals surface area contributed by atoms with Gasteiger partial charge in [0, 0.05) is 5.56 Å². The van der Waals surface area contributed by atoms with Crippen LogP contribution in [0, 0.1) is 11.3 Å². The molecule has 1 N–H and O–H groups in total. The predicted octanol–water partition coefficient (Wildman–Crippen LogP) is 6.58. The highest BCUT2D eigenvalue weighted by atomic mass is 35.5. The molecule has 0 radical (unpaired) electrons. The molecule has 1 amide bonds. The van der Waals surface area contributed by atoms with Crippen molar-refractivity contribution in [2.75, 3.05) is 0 Å². The van der Waals surface area contributed by atoms with Gasteiger partial charge in [-0.05, 0) is 60.9 Å². The summed E-state index contributed by atoms with van der Waals surface area (Å²) in [6.45, 7) is 0. The van der Waals surface area contributed by atoms with Gasteiger partial charge in [-0.3, -0.25) is 10.2 Å². The molecular formula is C24H23ClN4O2S. The number of rotatable bonds is 5. The van der Waals surface area contributed by atoms with E-state index < -0.39 is 5.91 Å². The fraction of sp³-hybridized carbons (Fsp3) is 0.333. The summed E-state index contributed by atoms with van der Waals surface area (Å²) in [5.41, 5.74) is 0.930. The first-order valence-corrected chi connectivity index (χ1v) is 12.1. The monoisotopic (exact) mass is 466 g/mol. The van der Waals surface area contributed by atoms with Gasteiger partial charge in [0.1, 0.15) is 16.6 Å². The lowest BCUT2D eigenvalue weighted by Gasteiger charge is -2.20. The Hall–Kier alpha value is -2.64. The van der Waals surface area contributed by atoms with Crippen LogP contribution in [0.1, 0.15) is 50.7 Å². The number of furan rings is 1. The molecule has 3 heterocycles. The second-order valence-electron chi connectivity index (χ2n) is 8.24. The normalized spacial score (nSPS) is 20.5. The van der Waals surface area contributed by atoms with E-state index >= 15 is 0 Å². The van der Waals surface area contributed by atoms with Crippen molar-refractivity contribution in [1.82, 2.24) is 5.01 Å². The number of hydrogen-bond donors (Lipinski definition) is 1. The van der Waals surface area contributed by atoms with Crippen LogP contribution < -0.4 is 0 Å². The van der Waals surface area contributed by atoms with E-state index in [1.54, 1.807) is 24.3 Å². The molecule has 1 fully saturated rings. The highest BCUT2D eigenvalue weighted by Crippen LogP contribution is 2.34.